The average molecular weight is 212 g/mol. The average Bonchev–Trinajstić information content (AvgIpc) is 2.28. The summed E-state index contributed by atoms with van der Waals surface area (Å²) in [5.41, 5.74) is 0. The molecular weight excluding hydrogens is 192 g/mol. The number of carbonyl (C=O) groups excluding carboxylic acids is 1. The van der Waals surface area contributed by atoms with E-state index in [1.54, 1.807) is 11.9 Å². The van der Waals surface area contributed by atoms with E-state index in [0.717, 1.165) is 19.3 Å². The quantitative estimate of drug-likeness (QED) is 0.689. The molecule has 2 amide bonds. The maximum atomic E-state index is 11.7. The fourth-order valence-electron chi connectivity index (χ4n) is 1.52. The highest BCUT2D eigenvalue weighted by atomic mass is 16.3. The molecule has 0 aromatic carbocycles. The van der Waals surface area contributed by atoms with Gasteiger partial charge in [0, 0.05) is 13.1 Å². The zero-order valence-electron chi connectivity index (χ0n) is 9.44. The van der Waals surface area contributed by atoms with Gasteiger partial charge in [0.2, 0.25) is 0 Å². The van der Waals surface area contributed by atoms with Crippen LogP contribution in [0.25, 0.3) is 0 Å². The molecule has 0 fully saturated rings. The van der Waals surface area contributed by atoms with Gasteiger partial charge >= 0.3 is 6.03 Å². The number of carbonyl (C=O) groups is 1. The molecule has 4 nitrogen and oxygen atoms in total. The summed E-state index contributed by atoms with van der Waals surface area (Å²) < 4.78 is 0. The summed E-state index contributed by atoms with van der Waals surface area (Å²) >= 11 is 0. The van der Waals surface area contributed by atoms with Crippen molar-refractivity contribution in [2.75, 3.05) is 13.7 Å². The molecule has 0 saturated carbocycles. The first kappa shape index (κ1) is 12.0. The molecule has 1 rings (SSSR count). The molecule has 0 bridgehead atoms. The van der Waals surface area contributed by atoms with Crippen LogP contribution in [0, 0.1) is 0 Å². The molecule has 4 heteroatoms. The Balaban J connectivity index is 2.37. The molecule has 15 heavy (non-hydrogen) atoms. The topological polar surface area (TPSA) is 52.6 Å². The van der Waals surface area contributed by atoms with Crippen LogP contribution in [0.2, 0.25) is 0 Å². The normalized spacial score (nSPS) is 22.2. The van der Waals surface area contributed by atoms with Crippen LogP contribution in [0.1, 0.15) is 26.2 Å². The number of hydrogen-bond acceptors (Lipinski definition) is 2. The monoisotopic (exact) mass is 212 g/mol. The number of amides is 2. The molecule has 2 unspecified atom stereocenters. The van der Waals surface area contributed by atoms with E-state index in [1.807, 2.05) is 6.92 Å². The number of urea groups is 1. The maximum absolute atomic E-state index is 11.7. The van der Waals surface area contributed by atoms with Crippen molar-refractivity contribution in [3.63, 3.8) is 0 Å². The van der Waals surface area contributed by atoms with Gasteiger partial charge < -0.3 is 15.3 Å². The standard InChI is InChI=1S/C11H20N2O2/c1-9(8-14)13(2)11(15)12-10-6-4-3-5-7-10/h3-4,9-10,14H,5-8H2,1-2H3,(H,12,15). The predicted octanol–water partition coefficient (Wildman–Crippen LogP) is 1.12. The second-order valence-electron chi connectivity index (χ2n) is 4.07. The summed E-state index contributed by atoms with van der Waals surface area (Å²) in [5.74, 6) is 0. The number of aliphatic hydroxyl groups excluding tert-OH is 1. The third-order valence-electron chi connectivity index (χ3n) is 2.84. The lowest BCUT2D eigenvalue weighted by Gasteiger charge is -2.27. The molecule has 0 aromatic heterocycles. The van der Waals surface area contributed by atoms with E-state index in [0.29, 0.717) is 0 Å². The van der Waals surface area contributed by atoms with E-state index in [4.69, 9.17) is 5.11 Å². The second kappa shape index (κ2) is 5.75. The SMILES string of the molecule is CC(CO)N(C)C(=O)NC1CC=CCC1. The highest BCUT2D eigenvalue weighted by Crippen LogP contribution is 2.11. The smallest absolute Gasteiger partial charge is 0.317 e. The van der Waals surface area contributed by atoms with Gasteiger partial charge in [0.25, 0.3) is 0 Å². The summed E-state index contributed by atoms with van der Waals surface area (Å²) in [6.45, 7) is 1.81. The summed E-state index contributed by atoms with van der Waals surface area (Å²) in [6, 6.07) is 0.0109. The van der Waals surface area contributed by atoms with Crippen molar-refractivity contribution < 1.29 is 9.90 Å². The fourth-order valence-corrected chi connectivity index (χ4v) is 1.52. The Kier molecular flexibility index (Phi) is 4.62. The summed E-state index contributed by atoms with van der Waals surface area (Å²) in [6.07, 6.45) is 7.19. The van der Waals surface area contributed by atoms with Crippen molar-refractivity contribution in [3.8, 4) is 0 Å². The van der Waals surface area contributed by atoms with Gasteiger partial charge in [-0.15, -0.1) is 0 Å². The van der Waals surface area contributed by atoms with Gasteiger partial charge in [0.15, 0.2) is 0 Å². The van der Waals surface area contributed by atoms with Crippen molar-refractivity contribution in [3.05, 3.63) is 12.2 Å². The molecule has 86 valence electrons. The van der Waals surface area contributed by atoms with Crippen LogP contribution in [0.5, 0.6) is 0 Å². The van der Waals surface area contributed by atoms with Gasteiger partial charge in [0.1, 0.15) is 0 Å². The number of aliphatic hydroxyl groups is 1. The van der Waals surface area contributed by atoms with Crippen molar-refractivity contribution in [1.82, 2.24) is 10.2 Å². The Hall–Kier alpha value is -1.03. The minimum atomic E-state index is -0.135. The van der Waals surface area contributed by atoms with E-state index in [9.17, 15) is 4.79 Å². The minimum absolute atomic E-state index is 0.00547. The third kappa shape index (κ3) is 3.55. The third-order valence-corrected chi connectivity index (χ3v) is 2.84. The molecule has 0 heterocycles. The second-order valence-corrected chi connectivity index (χ2v) is 4.07. The van der Waals surface area contributed by atoms with Gasteiger partial charge in [-0.25, -0.2) is 4.79 Å². The van der Waals surface area contributed by atoms with Gasteiger partial charge in [-0.2, -0.15) is 0 Å². The molecule has 1 aliphatic carbocycles. The number of rotatable bonds is 3. The molecule has 2 atom stereocenters. The minimum Gasteiger partial charge on any atom is -0.394 e. The van der Waals surface area contributed by atoms with Gasteiger partial charge in [-0.05, 0) is 26.2 Å². The first-order valence-corrected chi connectivity index (χ1v) is 5.44. The Bertz CT molecular complexity index is 241. The zero-order valence-corrected chi connectivity index (χ0v) is 9.44. The summed E-state index contributed by atoms with van der Waals surface area (Å²) in [5, 5.41) is 11.9. The largest absolute Gasteiger partial charge is 0.394 e. The van der Waals surface area contributed by atoms with Crippen LogP contribution in [-0.4, -0.2) is 41.8 Å². The predicted molar refractivity (Wildman–Crippen MR) is 59.6 cm³/mol. The highest BCUT2D eigenvalue weighted by molar-refractivity contribution is 5.74. The lowest BCUT2D eigenvalue weighted by atomic mass is 10.0. The van der Waals surface area contributed by atoms with Gasteiger partial charge in [-0.1, -0.05) is 12.2 Å². The van der Waals surface area contributed by atoms with E-state index in [2.05, 4.69) is 17.5 Å². The van der Waals surface area contributed by atoms with Crippen molar-refractivity contribution in [2.45, 2.75) is 38.3 Å². The van der Waals surface area contributed by atoms with Crippen LogP contribution >= 0.6 is 0 Å². The summed E-state index contributed by atoms with van der Waals surface area (Å²) in [7, 11) is 1.70. The number of likely N-dealkylation sites (N-methyl/N-ethyl adjacent to an activating group) is 1. The summed E-state index contributed by atoms with van der Waals surface area (Å²) in [4.78, 5) is 13.2. The van der Waals surface area contributed by atoms with E-state index in [1.165, 1.54) is 0 Å². The van der Waals surface area contributed by atoms with Crippen LogP contribution in [0.15, 0.2) is 12.2 Å². The Morgan fingerprint density at radius 2 is 2.40 bits per heavy atom. The van der Waals surface area contributed by atoms with Crippen molar-refractivity contribution >= 4 is 6.03 Å². The molecule has 0 saturated heterocycles. The Morgan fingerprint density at radius 1 is 1.67 bits per heavy atom. The van der Waals surface area contributed by atoms with E-state index < -0.39 is 0 Å². The molecule has 0 aromatic rings. The molecule has 2 N–H and O–H groups in total. The number of nitrogens with zero attached hydrogens (tertiary/aromatic N) is 1. The van der Waals surface area contributed by atoms with Crippen LogP contribution < -0.4 is 5.32 Å². The van der Waals surface area contributed by atoms with Crippen LogP contribution in [-0.2, 0) is 0 Å². The van der Waals surface area contributed by atoms with Crippen molar-refractivity contribution in [2.24, 2.45) is 0 Å². The Labute approximate surface area is 91.0 Å². The van der Waals surface area contributed by atoms with Crippen molar-refractivity contribution in [1.29, 1.82) is 0 Å². The molecule has 0 radical (unpaired) electrons. The van der Waals surface area contributed by atoms with E-state index >= 15 is 0 Å². The number of hydrogen-bond donors (Lipinski definition) is 2. The highest BCUT2D eigenvalue weighted by Gasteiger charge is 2.18. The first-order valence-electron chi connectivity index (χ1n) is 5.44. The zero-order chi connectivity index (χ0) is 11.3. The molecular formula is C11H20N2O2. The molecule has 0 aliphatic heterocycles. The number of nitrogens with one attached hydrogen (secondary N) is 1. The molecule has 0 spiro atoms. The fraction of sp³-hybridized carbons (Fsp3) is 0.727. The first-order chi connectivity index (χ1) is 7.15. The van der Waals surface area contributed by atoms with Gasteiger partial charge in [0.05, 0.1) is 12.6 Å². The number of allylic oxidation sites excluding steroid dienone is 1. The molecule has 1 aliphatic rings. The Morgan fingerprint density at radius 3 is 2.93 bits per heavy atom. The van der Waals surface area contributed by atoms with Crippen LogP contribution in [0.3, 0.4) is 0 Å². The lowest BCUT2D eigenvalue weighted by Crippen LogP contribution is -2.47. The lowest BCUT2D eigenvalue weighted by molar-refractivity contribution is 0.154. The van der Waals surface area contributed by atoms with Gasteiger partial charge in [-0.3, -0.25) is 0 Å². The maximum Gasteiger partial charge on any atom is 0.317 e. The van der Waals surface area contributed by atoms with E-state index in [-0.39, 0.29) is 24.7 Å². The van der Waals surface area contributed by atoms with Crippen LogP contribution in [0.4, 0.5) is 4.79 Å².